The van der Waals surface area contributed by atoms with Gasteiger partial charge in [0.2, 0.25) is 0 Å². The van der Waals surface area contributed by atoms with Crippen LogP contribution in [0.25, 0.3) is 0 Å². The van der Waals surface area contributed by atoms with Gasteiger partial charge >= 0.3 is 24.4 Å². The molecule has 1 aromatic carbocycles. The first-order valence-electron chi connectivity index (χ1n) is 14.6. The highest BCUT2D eigenvalue weighted by Crippen LogP contribution is 2.35. The smallest absolute Gasteiger partial charge is 0.480 e. The molecule has 12 heteroatoms. The molecule has 0 saturated carbocycles. The quantitative estimate of drug-likeness (QED) is 0.0794. The number of rotatable bonds is 18. The molecular weight excluding hydrogens is 550 g/mol. The third kappa shape index (κ3) is 13.9. The minimum atomic E-state index is -1.41. The fraction of sp³-hybridized carbons (Fsp3) is 0.667. The number of nitrogens with two attached hydrogens (primary N) is 1. The van der Waals surface area contributed by atoms with E-state index in [1.54, 1.807) is 20.8 Å². The molecule has 0 saturated heterocycles. The van der Waals surface area contributed by atoms with Gasteiger partial charge in [0.05, 0.1) is 6.61 Å². The highest BCUT2D eigenvalue weighted by atomic mass is 16.8. The minimum Gasteiger partial charge on any atom is -0.480 e. The van der Waals surface area contributed by atoms with Gasteiger partial charge in [-0.05, 0) is 64.2 Å². The first kappa shape index (κ1) is 36.5. The van der Waals surface area contributed by atoms with E-state index in [2.05, 4.69) is 0 Å². The van der Waals surface area contributed by atoms with Crippen molar-refractivity contribution in [1.29, 1.82) is 0 Å². The Hall–Kier alpha value is -3.54. The second kappa shape index (κ2) is 19.6. The zero-order valence-corrected chi connectivity index (χ0v) is 25.6. The average Bonchev–Trinajstić information content (AvgIpc) is 2.90. The van der Waals surface area contributed by atoms with Crippen LogP contribution in [0.5, 0.6) is 11.5 Å². The van der Waals surface area contributed by atoms with E-state index in [1.807, 2.05) is 20.8 Å². The molecule has 0 aromatic heterocycles. The first-order chi connectivity index (χ1) is 19.9. The van der Waals surface area contributed by atoms with Crippen molar-refractivity contribution < 1.29 is 52.7 Å². The van der Waals surface area contributed by atoms with Crippen LogP contribution in [0.2, 0.25) is 0 Å². The molecule has 5 atom stereocenters. The number of carbonyl (C=O) groups excluding carboxylic acids is 3. The van der Waals surface area contributed by atoms with E-state index in [1.165, 1.54) is 18.2 Å². The van der Waals surface area contributed by atoms with E-state index in [4.69, 9.17) is 34.2 Å². The molecule has 0 amide bonds. The lowest BCUT2D eigenvalue weighted by atomic mass is 9.87. The van der Waals surface area contributed by atoms with Gasteiger partial charge in [-0.3, -0.25) is 4.79 Å². The number of benzene rings is 1. The molecule has 4 unspecified atom stereocenters. The van der Waals surface area contributed by atoms with Gasteiger partial charge in [0, 0.05) is 5.92 Å². The number of hydrogen-bond donors (Lipinski definition) is 2. The lowest BCUT2D eigenvalue weighted by Crippen LogP contribution is -2.38. The molecule has 0 bridgehead atoms. The van der Waals surface area contributed by atoms with Gasteiger partial charge < -0.3 is 39.3 Å². The van der Waals surface area contributed by atoms with Crippen LogP contribution in [0.4, 0.5) is 14.4 Å². The molecular formula is C30H47NO11. The molecule has 0 aliphatic rings. The van der Waals surface area contributed by atoms with Crippen LogP contribution >= 0.6 is 0 Å². The summed E-state index contributed by atoms with van der Waals surface area (Å²) in [4.78, 5) is 48.9. The van der Waals surface area contributed by atoms with Crippen LogP contribution < -0.4 is 15.2 Å². The second-order valence-corrected chi connectivity index (χ2v) is 10.3. The van der Waals surface area contributed by atoms with Crippen LogP contribution in [0.15, 0.2) is 18.2 Å². The SMILES string of the molecule is CCCCCOC(=O)OC(C)CC(c1ccc(OC(=O)OC(C)CCC)c(OC(=O)OC(C)CCC)c1)[C@H](N)C(=O)O. The average molecular weight is 598 g/mol. The summed E-state index contributed by atoms with van der Waals surface area (Å²) in [5.74, 6) is -2.53. The molecule has 0 heterocycles. The number of unbranched alkanes of at least 4 members (excludes halogenated alkanes) is 2. The second-order valence-electron chi connectivity index (χ2n) is 10.3. The molecule has 0 aliphatic carbocycles. The van der Waals surface area contributed by atoms with E-state index < -0.39 is 54.7 Å². The molecule has 0 fully saturated rings. The van der Waals surface area contributed by atoms with Crippen molar-refractivity contribution in [3.63, 3.8) is 0 Å². The predicted molar refractivity (Wildman–Crippen MR) is 154 cm³/mol. The van der Waals surface area contributed by atoms with Gasteiger partial charge in [-0.2, -0.15) is 0 Å². The van der Waals surface area contributed by atoms with Crippen molar-refractivity contribution in [2.45, 2.75) is 123 Å². The largest absolute Gasteiger partial charge is 0.514 e. The monoisotopic (exact) mass is 597 g/mol. The third-order valence-electron chi connectivity index (χ3n) is 6.34. The normalized spacial score (nSPS) is 14.5. The lowest BCUT2D eigenvalue weighted by Gasteiger charge is -2.25. The molecule has 0 spiro atoms. The standard InChI is InChI=1S/C30H47NO11/c1-7-10-11-16-37-28(34)40-21(6)17-23(26(31)27(32)33)22-14-15-24(41-29(35)38-19(4)12-8-2)25(18-22)42-30(36)39-20(5)13-9-3/h14-15,18-21,23,26H,7-13,16-17,31H2,1-6H3,(H,32,33)/t19?,20?,21?,23?,26-/m0/s1. The van der Waals surface area contributed by atoms with Crippen molar-refractivity contribution in [2.24, 2.45) is 5.73 Å². The maximum Gasteiger partial charge on any atom is 0.514 e. The van der Waals surface area contributed by atoms with E-state index in [0.717, 1.165) is 25.7 Å². The number of ether oxygens (including phenoxy) is 6. The van der Waals surface area contributed by atoms with Crippen molar-refractivity contribution in [3.05, 3.63) is 23.8 Å². The van der Waals surface area contributed by atoms with Gasteiger partial charge in [0.25, 0.3) is 0 Å². The van der Waals surface area contributed by atoms with Gasteiger partial charge in [-0.1, -0.05) is 52.5 Å². The Labute approximate surface area is 248 Å². The predicted octanol–water partition coefficient (Wildman–Crippen LogP) is 6.71. The molecule has 0 radical (unpaired) electrons. The molecule has 238 valence electrons. The van der Waals surface area contributed by atoms with Crippen LogP contribution in [-0.2, 0) is 23.7 Å². The Balaban J connectivity index is 3.25. The fourth-order valence-electron chi connectivity index (χ4n) is 4.18. The van der Waals surface area contributed by atoms with E-state index >= 15 is 0 Å². The molecule has 0 aliphatic heterocycles. The van der Waals surface area contributed by atoms with Crippen molar-refractivity contribution in [3.8, 4) is 11.5 Å². The van der Waals surface area contributed by atoms with Crippen LogP contribution in [0.1, 0.15) is 104 Å². The summed E-state index contributed by atoms with van der Waals surface area (Å²) >= 11 is 0. The summed E-state index contributed by atoms with van der Waals surface area (Å²) in [5, 5.41) is 9.69. The molecule has 1 rings (SSSR count). The number of hydrogen-bond acceptors (Lipinski definition) is 11. The minimum absolute atomic E-state index is 0.00568. The summed E-state index contributed by atoms with van der Waals surface area (Å²) in [6.07, 6.45) is 0.887. The van der Waals surface area contributed by atoms with Crippen LogP contribution in [-0.4, -0.2) is 60.5 Å². The summed E-state index contributed by atoms with van der Waals surface area (Å²) < 4.78 is 31.6. The summed E-state index contributed by atoms with van der Waals surface area (Å²) in [5.41, 5.74) is 6.36. The van der Waals surface area contributed by atoms with Gasteiger partial charge in [0.1, 0.15) is 24.4 Å². The summed E-state index contributed by atoms with van der Waals surface area (Å²) in [6.45, 7) is 11.1. The van der Waals surface area contributed by atoms with Gasteiger partial charge in [-0.25, -0.2) is 14.4 Å². The zero-order valence-electron chi connectivity index (χ0n) is 25.6. The van der Waals surface area contributed by atoms with Crippen molar-refractivity contribution in [2.75, 3.05) is 6.61 Å². The lowest BCUT2D eigenvalue weighted by molar-refractivity contribution is -0.139. The number of carboxylic acids is 1. The Kier molecular flexibility index (Phi) is 17.0. The molecule has 1 aromatic rings. The Bertz CT molecular complexity index is 999. The number of aliphatic carboxylic acids is 1. The van der Waals surface area contributed by atoms with Gasteiger partial charge in [0.15, 0.2) is 11.5 Å². The fourth-order valence-corrected chi connectivity index (χ4v) is 4.18. The van der Waals surface area contributed by atoms with Crippen LogP contribution in [0, 0.1) is 0 Å². The maximum atomic E-state index is 12.5. The number of carbonyl (C=O) groups is 4. The maximum absolute atomic E-state index is 12.5. The van der Waals surface area contributed by atoms with Gasteiger partial charge in [-0.15, -0.1) is 0 Å². The van der Waals surface area contributed by atoms with Crippen LogP contribution in [0.3, 0.4) is 0 Å². The summed E-state index contributed by atoms with van der Waals surface area (Å²) in [6, 6.07) is 2.76. The molecule has 3 N–H and O–H groups in total. The zero-order chi connectivity index (χ0) is 31.7. The molecule has 12 nitrogen and oxygen atoms in total. The third-order valence-corrected chi connectivity index (χ3v) is 6.34. The topological polar surface area (TPSA) is 170 Å². The summed E-state index contributed by atoms with van der Waals surface area (Å²) in [7, 11) is 0. The number of carboxylic acid groups (broad SMARTS) is 1. The highest BCUT2D eigenvalue weighted by Gasteiger charge is 2.30. The van der Waals surface area contributed by atoms with E-state index in [-0.39, 0.29) is 24.5 Å². The van der Waals surface area contributed by atoms with Crippen molar-refractivity contribution >= 4 is 24.4 Å². The Morgan fingerprint density at radius 2 is 1.31 bits per heavy atom. The highest BCUT2D eigenvalue weighted by molar-refractivity contribution is 5.75. The first-order valence-corrected chi connectivity index (χ1v) is 14.6. The molecule has 42 heavy (non-hydrogen) atoms. The van der Waals surface area contributed by atoms with E-state index in [0.29, 0.717) is 24.8 Å². The Morgan fingerprint density at radius 1 is 0.762 bits per heavy atom. The van der Waals surface area contributed by atoms with E-state index in [9.17, 15) is 24.3 Å². The van der Waals surface area contributed by atoms with Crippen molar-refractivity contribution in [1.82, 2.24) is 0 Å². The Morgan fingerprint density at radius 3 is 1.83 bits per heavy atom.